The topological polar surface area (TPSA) is 124 Å². The largest absolute Gasteiger partial charge is 0.464 e. The van der Waals surface area contributed by atoms with E-state index in [2.05, 4.69) is 9.97 Å². The normalized spacial score (nSPS) is 21.5. The Labute approximate surface area is 182 Å². The molecule has 0 spiro atoms. The summed E-state index contributed by atoms with van der Waals surface area (Å²) < 4.78 is 5.46. The summed E-state index contributed by atoms with van der Waals surface area (Å²) in [7, 11) is 1.65. The van der Waals surface area contributed by atoms with Gasteiger partial charge < -0.3 is 15.9 Å². The van der Waals surface area contributed by atoms with Crippen LogP contribution in [0.5, 0.6) is 0 Å². The molecule has 0 saturated heterocycles. The van der Waals surface area contributed by atoms with Gasteiger partial charge in [-0.15, -0.1) is 11.3 Å². The van der Waals surface area contributed by atoms with Gasteiger partial charge in [0.25, 0.3) is 0 Å². The molecule has 2 atom stereocenters. The molecule has 3 aromatic heterocycles. The summed E-state index contributed by atoms with van der Waals surface area (Å²) in [6.07, 6.45) is 4.79. The highest BCUT2D eigenvalue weighted by molar-refractivity contribution is 7.10. The van der Waals surface area contributed by atoms with Crippen LogP contribution in [0, 0.1) is 0 Å². The van der Waals surface area contributed by atoms with Crippen molar-refractivity contribution in [1.82, 2.24) is 14.9 Å². The zero-order valence-corrected chi connectivity index (χ0v) is 17.8. The number of nitrogen functional groups attached to an aromatic ring is 1. The Morgan fingerprint density at radius 3 is 2.77 bits per heavy atom. The van der Waals surface area contributed by atoms with Crippen LogP contribution in [-0.2, 0) is 10.3 Å². The van der Waals surface area contributed by atoms with Gasteiger partial charge in [0.05, 0.1) is 30.3 Å². The van der Waals surface area contributed by atoms with Crippen molar-refractivity contribution >= 4 is 40.0 Å². The first-order valence-electron chi connectivity index (χ1n) is 9.64. The Bertz CT molecular complexity index is 1330. The number of thiophene rings is 1. The molecule has 4 heterocycles. The van der Waals surface area contributed by atoms with Gasteiger partial charge in [-0.25, -0.2) is 9.98 Å². The Balaban J connectivity index is 1.64. The van der Waals surface area contributed by atoms with Gasteiger partial charge in [-0.3, -0.25) is 14.7 Å². The minimum absolute atomic E-state index is 0.111. The predicted octanol–water partition coefficient (Wildman–Crippen LogP) is 3.32. The highest BCUT2D eigenvalue weighted by Gasteiger charge is 2.48. The van der Waals surface area contributed by atoms with Gasteiger partial charge in [0.1, 0.15) is 16.9 Å². The fourth-order valence-corrected chi connectivity index (χ4v) is 5.02. The van der Waals surface area contributed by atoms with Gasteiger partial charge in [0, 0.05) is 28.3 Å². The quantitative estimate of drug-likeness (QED) is 0.512. The maximum atomic E-state index is 13.4. The van der Waals surface area contributed by atoms with E-state index in [1.807, 2.05) is 42.6 Å². The van der Waals surface area contributed by atoms with E-state index < -0.39 is 11.5 Å². The average Bonchev–Trinajstić information content (AvgIpc) is 3.42. The number of benzene rings is 1. The molecule has 1 amide bonds. The van der Waals surface area contributed by atoms with Gasteiger partial charge in [0.15, 0.2) is 5.96 Å². The van der Waals surface area contributed by atoms with Crippen molar-refractivity contribution in [2.24, 2.45) is 10.7 Å². The average molecular weight is 433 g/mol. The maximum Gasteiger partial charge on any atom is 0.239 e. The molecule has 31 heavy (non-hydrogen) atoms. The number of hydrogen-bond donors (Lipinski definition) is 2. The molecule has 1 unspecified atom stereocenters. The highest BCUT2D eigenvalue weighted by atomic mass is 32.1. The first kappa shape index (κ1) is 19.3. The van der Waals surface area contributed by atoms with Gasteiger partial charge in [0.2, 0.25) is 5.91 Å². The number of amides is 1. The highest BCUT2D eigenvalue weighted by Crippen LogP contribution is 2.47. The number of aromatic nitrogens is 2. The third kappa shape index (κ3) is 3.05. The number of nitrogens with two attached hydrogens (primary N) is 2. The lowest BCUT2D eigenvalue weighted by molar-refractivity contribution is -0.130. The Hall–Kier alpha value is -3.72. The standard InChI is InChI=1S/C22H20N6O2S/c1-22(17-8-14(11-31-17)15-9-26-18(23)10-25-15)19(20(29)28(2)21(24)27-22)13-3-4-16-12(7-13)5-6-30-16/h3-11,19H,1-2H3,(H2,23,26)(H2,24,27)/t19?,22-/m1/s1. The van der Waals surface area contributed by atoms with E-state index in [4.69, 9.17) is 20.9 Å². The lowest BCUT2D eigenvalue weighted by Gasteiger charge is -2.40. The fourth-order valence-electron chi connectivity index (χ4n) is 3.98. The first-order chi connectivity index (χ1) is 14.9. The molecule has 9 heteroatoms. The Morgan fingerprint density at radius 1 is 1.16 bits per heavy atom. The molecule has 156 valence electrons. The molecule has 0 aliphatic carbocycles. The molecule has 5 rings (SSSR count). The monoisotopic (exact) mass is 432 g/mol. The van der Waals surface area contributed by atoms with Crippen molar-refractivity contribution < 1.29 is 9.21 Å². The Kier molecular flexibility index (Phi) is 4.30. The van der Waals surface area contributed by atoms with Crippen LogP contribution in [0.1, 0.15) is 23.3 Å². The van der Waals surface area contributed by atoms with E-state index in [9.17, 15) is 4.79 Å². The summed E-state index contributed by atoms with van der Waals surface area (Å²) in [5.74, 6) is -0.109. The number of furan rings is 1. The molecule has 1 aromatic carbocycles. The number of carbonyl (C=O) groups is 1. The number of hydrogen-bond acceptors (Lipinski definition) is 8. The van der Waals surface area contributed by atoms with E-state index in [0.717, 1.165) is 27.0 Å². The molecule has 8 nitrogen and oxygen atoms in total. The lowest BCUT2D eigenvalue weighted by atomic mass is 9.77. The van der Waals surface area contributed by atoms with Crippen molar-refractivity contribution in [2.75, 3.05) is 12.8 Å². The van der Waals surface area contributed by atoms with Crippen LogP contribution in [0.2, 0.25) is 0 Å². The number of aliphatic imine (C=N–C) groups is 1. The predicted molar refractivity (Wildman–Crippen MR) is 120 cm³/mol. The molecule has 1 aliphatic rings. The van der Waals surface area contributed by atoms with Gasteiger partial charge in [-0.05, 0) is 36.8 Å². The van der Waals surface area contributed by atoms with Crippen molar-refractivity contribution in [3.63, 3.8) is 0 Å². The minimum Gasteiger partial charge on any atom is -0.464 e. The van der Waals surface area contributed by atoms with Crippen LogP contribution < -0.4 is 11.5 Å². The number of anilines is 1. The molecule has 0 bridgehead atoms. The molecule has 0 saturated carbocycles. The molecule has 0 radical (unpaired) electrons. The summed E-state index contributed by atoms with van der Waals surface area (Å²) in [4.78, 5) is 29.0. The van der Waals surface area contributed by atoms with E-state index in [-0.39, 0.29) is 11.9 Å². The van der Waals surface area contributed by atoms with E-state index in [0.29, 0.717) is 11.5 Å². The van der Waals surface area contributed by atoms with E-state index in [1.165, 1.54) is 22.4 Å². The molecule has 4 N–H and O–H groups in total. The number of carbonyl (C=O) groups excluding carboxylic acids is 1. The fraction of sp³-hybridized carbons (Fsp3) is 0.182. The second kappa shape index (κ2) is 6.92. The number of fused-ring (bicyclic) bond motifs is 1. The van der Waals surface area contributed by atoms with Crippen LogP contribution in [0.25, 0.3) is 22.2 Å². The smallest absolute Gasteiger partial charge is 0.239 e. The van der Waals surface area contributed by atoms with E-state index in [1.54, 1.807) is 19.5 Å². The molecular formula is C22H20N6O2S. The second-order valence-electron chi connectivity index (χ2n) is 7.69. The zero-order chi connectivity index (χ0) is 21.8. The van der Waals surface area contributed by atoms with Crippen LogP contribution in [0.3, 0.4) is 0 Å². The van der Waals surface area contributed by atoms with Gasteiger partial charge in [-0.2, -0.15) is 0 Å². The van der Waals surface area contributed by atoms with Crippen LogP contribution >= 0.6 is 11.3 Å². The van der Waals surface area contributed by atoms with Crippen LogP contribution in [-0.4, -0.2) is 33.8 Å². The Morgan fingerprint density at radius 2 is 2.00 bits per heavy atom. The molecule has 1 aliphatic heterocycles. The summed E-state index contributed by atoms with van der Waals surface area (Å²) in [6.45, 7) is 1.94. The van der Waals surface area contributed by atoms with Crippen molar-refractivity contribution in [2.45, 2.75) is 18.4 Å². The number of rotatable bonds is 3. The first-order valence-corrected chi connectivity index (χ1v) is 10.5. The molecule has 4 aromatic rings. The van der Waals surface area contributed by atoms with Crippen LogP contribution in [0.15, 0.2) is 63.8 Å². The van der Waals surface area contributed by atoms with Crippen molar-refractivity contribution in [1.29, 1.82) is 0 Å². The van der Waals surface area contributed by atoms with Crippen molar-refractivity contribution in [3.05, 3.63) is 64.8 Å². The van der Waals surface area contributed by atoms with Crippen molar-refractivity contribution in [3.8, 4) is 11.3 Å². The number of guanidine groups is 1. The summed E-state index contributed by atoms with van der Waals surface area (Å²) in [6, 6.07) is 9.64. The SMILES string of the molecule is CN1C(=O)C(c2ccc3occc3c2)[C@@](C)(c2cc(-c3cnc(N)cn3)cs2)N=C1N. The minimum atomic E-state index is -0.880. The number of likely N-dealkylation sites (N-methyl/N-ethyl adjacent to an activating group) is 1. The maximum absolute atomic E-state index is 13.4. The lowest BCUT2D eigenvalue weighted by Crippen LogP contribution is -2.52. The van der Waals surface area contributed by atoms with Crippen LogP contribution in [0.4, 0.5) is 5.82 Å². The van der Waals surface area contributed by atoms with Gasteiger partial charge >= 0.3 is 0 Å². The summed E-state index contributed by atoms with van der Waals surface area (Å²) in [5.41, 5.74) is 14.1. The zero-order valence-electron chi connectivity index (χ0n) is 16.9. The third-order valence-electron chi connectivity index (χ3n) is 5.71. The summed E-state index contributed by atoms with van der Waals surface area (Å²) >= 11 is 1.51. The third-order valence-corrected chi connectivity index (χ3v) is 6.86. The summed E-state index contributed by atoms with van der Waals surface area (Å²) in [5, 5.41) is 2.91. The second-order valence-corrected chi connectivity index (χ2v) is 8.60. The number of nitrogens with zero attached hydrogens (tertiary/aromatic N) is 4. The van der Waals surface area contributed by atoms with Gasteiger partial charge in [-0.1, -0.05) is 6.07 Å². The molecule has 0 fully saturated rings. The molecular weight excluding hydrogens is 412 g/mol. The van der Waals surface area contributed by atoms with E-state index >= 15 is 0 Å².